The van der Waals surface area contributed by atoms with Gasteiger partial charge in [-0.05, 0) is 33.4 Å². The van der Waals surface area contributed by atoms with Gasteiger partial charge in [0.1, 0.15) is 5.76 Å². The van der Waals surface area contributed by atoms with Crippen molar-refractivity contribution in [2.45, 2.75) is 38.6 Å². The van der Waals surface area contributed by atoms with Crippen LogP contribution in [0.2, 0.25) is 0 Å². The highest BCUT2D eigenvalue weighted by Gasteiger charge is 2.27. The number of rotatable bonds is 4. The van der Waals surface area contributed by atoms with Crippen LogP contribution in [-0.2, 0) is 11.2 Å². The van der Waals surface area contributed by atoms with E-state index in [2.05, 4.69) is 16.9 Å². The van der Waals surface area contributed by atoms with Gasteiger partial charge in [0, 0.05) is 6.42 Å². The fourth-order valence-corrected chi connectivity index (χ4v) is 2.35. The summed E-state index contributed by atoms with van der Waals surface area (Å²) in [7, 11) is 2.09. The molecule has 17 heavy (non-hydrogen) atoms. The first-order valence-electron chi connectivity index (χ1n) is 5.96. The van der Waals surface area contributed by atoms with Crippen LogP contribution in [0.5, 0.6) is 0 Å². The maximum Gasteiger partial charge on any atom is 0.303 e. The second-order valence-electron chi connectivity index (χ2n) is 4.58. The van der Waals surface area contributed by atoms with E-state index in [0.29, 0.717) is 18.4 Å². The molecule has 1 saturated heterocycles. The highest BCUT2D eigenvalue weighted by atomic mass is 16.4. The molecule has 1 aliphatic rings. The third kappa shape index (κ3) is 2.66. The first-order chi connectivity index (χ1) is 8.08. The summed E-state index contributed by atoms with van der Waals surface area (Å²) in [5, 5.41) is 8.63. The van der Waals surface area contributed by atoms with Crippen LogP contribution in [0.1, 0.15) is 42.6 Å². The van der Waals surface area contributed by atoms with Gasteiger partial charge < -0.3 is 9.52 Å². The number of carboxylic acids is 1. The summed E-state index contributed by atoms with van der Waals surface area (Å²) in [4.78, 5) is 17.2. The summed E-state index contributed by atoms with van der Waals surface area (Å²) < 4.78 is 5.52. The molecule has 2 heterocycles. The van der Waals surface area contributed by atoms with Crippen molar-refractivity contribution in [3.63, 3.8) is 0 Å². The summed E-state index contributed by atoms with van der Waals surface area (Å²) in [6.07, 6.45) is 2.71. The van der Waals surface area contributed by atoms with Gasteiger partial charge in [0.05, 0.1) is 18.2 Å². The Balaban J connectivity index is 2.10. The fraction of sp³-hybridized carbons (Fsp3) is 0.667. The number of aromatic nitrogens is 1. The number of carboxylic acid groups (broad SMARTS) is 1. The van der Waals surface area contributed by atoms with Crippen LogP contribution >= 0.6 is 0 Å². The van der Waals surface area contributed by atoms with Crippen molar-refractivity contribution in [2.24, 2.45) is 0 Å². The molecular weight excluding hydrogens is 220 g/mol. The number of aryl methyl sites for hydroxylation is 2. The SMILES string of the molecule is Cc1oc(CCC(=O)O)nc1C1CCCN1C. The Morgan fingerprint density at radius 3 is 3.00 bits per heavy atom. The first kappa shape index (κ1) is 12.1. The Kier molecular flexibility index (Phi) is 3.47. The van der Waals surface area contributed by atoms with Gasteiger partial charge in [-0.1, -0.05) is 0 Å². The Morgan fingerprint density at radius 2 is 2.41 bits per heavy atom. The quantitative estimate of drug-likeness (QED) is 0.865. The molecule has 5 heteroatoms. The van der Waals surface area contributed by atoms with Crippen LogP contribution in [0.25, 0.3) is 0 Å². The Morgan fingerprint density at radius 1 is 1.65 bits per heavy atom. The van der Waals surface area contributed by atoms with E-state index in [1.807, 2.05) is 6.92 Å². The van der Waals surface area contributed by atoms with Crippen LogP contribution < -0.4 is 0 Å². The molecule has 1 fully saturated rings. The normalized spacial score (nSPS) is 20.9. The van der Waals surface area contributed by atoms with Crippen molar-refractivity contribution in [3.05, 3.63) is 17.3 Å². The maximum absolute atomic E-state index is 10.5. The smallest absolute Gasteiger partial charge is 0.303 e. The van der Waals surface area contributed by atoms with E-state index in [-0.39, 0.29) is 6.42 Å². The number of hydrogen-bond donors (Lipinski definition) is 1. The van der Waals surface area contributed by atoms with Crippen molar-refractivity contribution < 1.29 is 14.3 Å². The molecule has 1 atom stereocenters. The minimum atomic E-state index is -0.819. The van der Waals surface area contributed by atoms with Crippen LogP contribution in [0.15, 0.2) is 4.42 Å². The highest BCUT2D eigenvalue weighted by molar-refractivity contribution is 5.66. The Labute approximate surface area is 100 Å². The average Bonchev–Trinajstić information content (AvgIpc) is 2.81. The van der Waals surface area contributed by atoms with Gasteiger partial charge in [-0.3, -0.25) is 9.69 Å². The molecule has 1 aromatic rings. The topological polar surface area (TPSA) is 66.6 Å². The second-order valence-corrected chi connectivity index (χ2v) is 4.58. The Hall–Kier alpha value is -1.36. The lowest BCUT2D eigenvalue weighted by molar-refractivity contribution is -0.137. The van der Waals surface area contributed by atoms with Crippen molar-refractivity contribution in [1.29, 1.82) is 0 Å². The molecule has 1 N–H and O–H groups in total. The molecule has 0 bridgehead atoms. The van der Waals surface area contributed by atoms with Crippen LogP contribution in [0.4, 0.5) is 0 Å². The lowest BCUT2D eigenvalue weighted by Gasteiger charge is -2.17. The molecule has 0 aromatic carbocycles. The van der Waals surface area contributed by atoms with Crippen molar-refractivity contribution in [1.82, 2.24) is 9.88 Å². The van der Waals surface area contributed by atoms with Crippen molar-refractivity contribution >= 4 is 5.97 Å². The molecule has 0 saturated carbocycles. The van der Waals surface area contributed by atoms with Gasteiger partial charge in [-0.15, -0.1) is 0 Å². The van der Waals surface area contributed by atoms with Crippen LogP contribution in [0.3, 0.4) is 0 Å². The number of aliphatic carboxylic acids is 1. The van der Waals surface area contributed by atoms with Gasteiger partial charge in [-0.2, -0.15) is 0 Å². The monoisotopic (exact) mass is 238 g/mol. The van der Waals surface area contributed by atoms with Gasteiger partial charge >= 0.3 is 5.97 Å². The molecule has 2 rings (SSSR count). The van der Waals surface area contributed by atoms with Crippen molar-refractivity contribution in [3.8, 4) is 0 Å². The second kappa shape index (κ2) is 4.87. The zero-order chi connectivity index (χ0) is 12.4. The van der Waals surface area contributed by atoms with E-state index < -0.39 is 5.97 Å². The molecule has 0 radical (unpaired) electrons. The average molecular weight is 238 g/mol. The van der Waals surface area contributed by atoms with Gasteiger partial charge in [0.15, 0.2) is 5.89 Å². The number of hydrogen-bond acceptors (Lipinski definition) is 4. The van der Waals surface area contributed by atoms with E-state index in [4.69, 9.17) is 9.52 Å². The lowest BCUT2D eigenvalue weighted by Crippen LogP contribution is -2.18. The number of nitrogens with zero attached hydrogens (tertiary/aromatic N) is 2. The molecule has 0 amide bonds. The summed E-state index contributed by atoms with van der Waals surface area (Å²) in [6.45, 7) is 2.99. The van der Waals surface area contributed by atoms with E-state index >= 15 is 0 Å². The zero-order valence-corrected chi connectivity index (χ0v) is 10.3. The predicted molar refractivity (Wildman–Crippen MR) is 61.8 cm³/mol. The first-order valence-corrected chi connectivity index (χ1v) is 5.96. The minimum Gasteiger partial charge on any atom is -0.481 e. The summed E-state index contributed by atoms with van der Waals surface area (Å²) in [6, 6.07) is 0.331. The van der Waals surface area contributed by atoms with E-state index in [1.165, 1.54) is 6.42 Å². The number of oxazole rings is 1. The highest BCUT2D eigenvalue weighted by Crippen LogP contribution is 2.32. The molecule has 1 aliphatic heterocycles. The van der Waals surface area contributed by atoms with Gasteiger partial charge in [0.2, 0.25) is 0 Å². The van der Waals surface area contributed by atoms with Gasteiger partial charge in [-0.25, -0.2) is 4.98 Å². The zero-order valence-electron chi connectivity index (χ0n) is 10.3. The van der Waals surface area contributed by atoms with E-state index in [1.54, 1.807) is 0 Å². The minimum absolute atomic E-state index is 0.0693. The largest absolute Gasteiger partial charge is 0.481 e. The fourth-order valence-electron chi connectivity index (χ4n) is 2.35. The summed E-state index contributed by atoms with van der Waals surface area (Å²) in [5.74, 6) is 0.546. The molecule has 1 unspecified atom stereocenters. The van der Waals surface area contributed by atoms with E-state index in [9.17, 15) is 4.79 Å². The van der Waals surface area contributed by atoms with Crippen LogP contribution in [-0.4, -0.2) is 34.6 Å². The molecule has 5 nitrogen and oxygen atoms in total. The molecular formula is C12H18N2O3. The Bertz CT molecular complexity index is 414. The summed E-state index contributed by atoms with van der Waals surface area (Å²) >= 11 is 0. The summed E-state index contributed by atoms with van der Waals surface area (Å²) in [5.41, 5.74) is 0.977. The van der Waals surface area contributed by atoms with E-state index in [0.717, 1.165) is 24.4 Å². The number of carbonyl (C=O) groups is 1. The van der Waals surface area contributed by atoms with Gasteiger partial charge in [0.25, 0.3) is 0 Å². The predicted octanol–water partition coefficient (Wildman–Crippen LogP) is 1.77. The van der Waals surface area contributed by atoms with Crippen molar-refractivity contribution in [2.75, 3.05) is 13.6 Å². The standard InChI is InChI=1S/C12H18N2O3/c1-8-12(9-4-3-7-14(9)2)13-10(17-8)5-6-11(15)16/h9H,3-7H2,1-2H3,(H,15,16). The molecule has 0 aliphatic carbocycles. The third-order valence-corrected chi connectivity index (χ3v) is 3.27. The molecule has 94 valence electrons. The molecule has 1 aromatic heterocycles. The lowest BCUT2D eigenvalue weighted by atomic mass is 10.1. The van der Waals surface area contributed by atoms with Crippen LogP contribution in [0, 0.1) is 6.92 Å². The molecule has 0 spiro atoms. The maximum atomic E-state index is 10.5. The number of likely N-dealkylation sites (tertiary alicyclic amines) is 1. The third-order valence-electron chi connectivity index (χ3n) is 3.27.